The fourth-order valence-electron chi connectivity index (χ4n) is 3.86. The highest BCUT2D eigenvalue weighted by molar-refractivity contribution is 14.1. The van der Waals surface area contributed by atoms with Gasteiger partial charge in [-0.25, -0.2) is 0 Å². The Kier molecular flexibility index (Phi) is 3.22. The van der Waals surface area contributed by atoms with E-state index >= 15 is 0 Å². The number of hydrogen-bond acceptors (Lipinski definition) is 2. The standard InChI is InChI=1S/C22H16INO/c1-24-20-9-5-3-7-18(20)17-6-2-4-8-19(17)22(24)13-12-15-14-16(23)10-11-21(15)25-22/h2-14H,1H3. The molecule has 1 atom stereocenters. The third-order valence-electron chi connectivity index (χ3n) is 5.09. The van der Waals surface area contributed by atoms with Gasteiger partial charge in [0.15, 0.2) is 0 Å². The zero-order chi connectivity index (χ0) is 17.0. The minimum absolute atomic E-state index is 0.620. The van der Waals surface area contributed by atoms with E-state index in [1.165, 1.54) is 25.9 Å². The van der Waals surface area contributed by atoms with Gasteiger partial charge in [0.05, 0.1) is 0 Å². The molecule has 2 aliphatic rings. The number of nitrogens with zero attached hydrogens (tertiary/aromatic N) is 1. The molecule has 122 valence electrons. The first-order chi connectivity index (χ1) is 12.2. The van der Waals surface area contributed by atoms with Crippen LogP contribution in [0.15, 0.2) is 72.8 Å². The Labute approximate surface area is 160 Å². The van der Waals surface area contributed by atoms with E-state index in [9.17, 15) is 0 Å². The fourth-order valence-corrected chi connectivity index (χ4v) is 4.37. The maximum absolute atomic E-state index is 6.65. The topological polar surface area (TPSA) is 12.5 Å². The fraction of sp³-hybridized carbons (Fsp3) is 0.0909. The van der Waals surface area contributed by atoms with E-state index in [0.29, 0.717) is 0 Å². The molecule has 2 nitrogen and oxygen atoms in total. The highest BCUT2D eigenvalue weighted by atomic mass is 127. The van der Waals surface area contributed by atoms with Crippen LogP contribution in [-0.4, -0.2) is 7.05 Å². The third-order valence-corrected chi connectivity index (χ3v) is 5.76. The van der Waals surface area contributed by atoms with Crippen LogP contribution in [0.1, 0.15) is 11.1 Å². The molecule has 2 aliphatic heterocycles. The van der Waals surface area contributed by atoms with Crippen molar-refractivity contribution in [3.05, 3.63) is 87.5 Å². The largest absolute Gasteiger partial charge is 0.459 e. The Hall–Kier alpha value is -2.27. The maximum atomic E-state index is 6.65. The second-order valence-corrected chi connectivity index (χ2v) is 7.68. The number of rotatable bonds is 0. The number of hydrogen-bond donors (Lipinski definition) is 0. The summed E-state index contributed by atoms with van der Waals surface area (Å²) in [7, 11) is 2.11. The number of halogens is 1. The molecule has 0 aliphatic carbocycles. The first-order valence-electron chi connectivity index (χ1n) is 8.30. The summed E-state index contributed by atoms with van der Waals surface area (Å²) in [5.74, 6) is 0.920. The summed E-state index contributed by atoms with van der Waals surface area (Å²) < 4.78 is 7.86. The van der Waals surface area contributed by atoms with Gasteiger partial charge in [0.1, 0.15) is 5.75 Å². The molecule has 1 unspecified atom stereocenters. The SMILES string of the molecule is CN1c2ccccc2-c2ccccc2C12C=Cc1cc(I)ccc1O2. The van der Waals surface area contributed by atoms with Crippen molar-refractivity contribution in [2.24, 2.45) is 0 Å². The van der Waals surface area contributed by atoms with Gasteiger partial charge in [0.2, 0.25) is 5.72 Å². The summed E-state index contributed by atoms with van der Waals surface area (Å²) in [5, 5.41) is 0. The van der Waals surface area contributed by atoms with Crippen LogP contribution >= 0.6 is 22.6 Å². The molecule has 2 heterocycles. The monoisotopic (exact) mass is 437 g/mol. The minimum atomic E-state index is -0.620. The number of anilines is 1. The zero-order valence-electron chi connectivity index (χ0n) is 13.7. The molecule has 0 fully saturated rings. The first-order valence-corrected chi connectivity index (χ1v) is 9.37. The van der Waals surface area contributed by atoms with Gasteiger partial charge >= 0.3 is 0 Å². The van der Waals surface area contributed by atoms with Crippen LogP contribution < -0.4 is 9.64 Å². The van der Waals surface area contributed by atoms with Gasteiger partial charge in [0, 0.05) is 33.0 Å². The molecule has 0 aromatic heterocycles. The molecule has 0 radical (unpaired) electrons. The predicted octanol–water partition coefficient (Wildman–Crippen LogP) is 5.67. The van der Waals surface area contributed by atoms with Crippen LogP contribution in [-0.2, 0) is 5.72 Å². The highest BCUT2D eigenvalue weighted by Gasteiger charge is 2.44. The molecule has 1 spiro atoms. The lowest BCUT2D eigenvalue weighted by molar-refractivity contribution is 0.116. The number of para-hydroxylation sites is 1. The molecular formula is C22H16INO. The van der Waals surface area contributed by atoms with Crippen LogP contribution in [0.25, 0.3) is 17.2 Å². The summed E-state index contributed by atoms with van der Waals surface area (Å²) in [5.41, 5.74) is 5.34. The van der Waals surface area contributed by atoms with Crippen molar-refractivity contribution in [3.63, 3.8) is 0 Å². The highest BCUT2D eigenvalue weighted by Crippen LogP contribution is 2.50. The summed E-state index contributed by atoms with van der Waals surface area (Å²) in [6.07, 6.45) is 4.36. The number of benzene rings is 3. The Bertz CT molecular complexity index is 1030. The van der Waals surface area contributed by atoms with Crippen molar-refractivity contribution in [1.82, 2.24) is 0 Å². The lowest BCUT2D eigenvalue weighted by Crippen LogP contribution is -2.50. The summed E-state index contributed by atoms with van der Waals surface area (Å²) >= 11 is 2.34. The second kappa shape index (κ2) is 5.36. The zero-order valence-corrected chi connectivity index (χ0v) is 15.9. The maximum Gasteiger partial charge on any atom is 0.229 e. The Morgan fingerprint density at radius 3 is 2.56 bits per heavy atom. The van der Waals surface area contributed by atoms with Crippen LogP contribution in [0.5, 0.6) is 5.75 Å². The average molecular weight is 437 g/mol. The lowest BCUT2D eigenvalue weighted by atomic mass is 9.84. The van der Waals surface area contributed by atoms with Crippen molar-refractivity contribution in [1.29, 1.82) is 0 Å². The summed E-state index contributed by atoms with van der Waals surface area (Å²) in [6, 6.07) is 23.4. The van der Waals surface area contributed by atoms with E-state index in [1.807, 2.05) is 0 Å². The van der Waals surface area contributed by atoms with Crippen molar-refractivity contribution in [2.75, 3.05) is 11.9 Å². The van der Waals surface area contributed by atoms with Crippen molar-refractivity contribution in [2.45, 2.75) is 5.72 Å². The van der Waals surface area contributed by atoms with Gasteiger partial charge in [-0.3, -0.25) is 0 Å². The predicted molar refractivity (Wildman–Crippen MR) is 111 cm³/mol. The van der Waals surface area contributed by atoms with Gasteiger partial charge < -0.3 is 9.64 Å². The van der Waals surface area contributed by atoms with E-state index in [-0.39, 0.29) is 0 Å². The number of fused-ring (bicyclic) bond motifs is 5. The van der Waals surface area contributed by atoms with E-state index in [2.05, 4.69) is 113 Å². The minimum Gasteiger partial charge on any atom is -0.459 e. The van der Waals surface area contributed by atoms with E-state index < -0.39 is 5.72 Å². The molecule has 3 heteroatoms. The quantitative estimate of drug-likeness (QED) is 0.421. The molecule has 25 heavy (non-hydrogen) atoms. The van der Waals surface area contributed by atoms with Crippen LogP contribution in [0.3, 0.4) is 0 Å². The van der Waals surface area contributed by atoms with Crippen molar-refractivity contribution in [3.8, 4) is 16.9 Å². The van der Waals surface area contributed by atoms with Gasteiger partial charge in [-0.05, 0) is 64.6 Å². The van der Waals surface area contributed by atoms with Crippen molar-refractivity contribution >= 4 is 34.4 Å². The van der Waals surface area contributed by atoms with Crippen LogP contribution in [0.2, 0.25) is 0 Å². The number of likely N-dealkylation sites (N-methyl/N-ethyl adjacent to an activating group) is 1. The Balaban J connectivity index is 1.77. The molecule has 3 aromatic rings. The average Bonchev–Trinajstić information content (AvgIpc) is 2.66. The molecule has 0 saturated heterocycles. The van der Waals surface area contributed by atoms with Gasteiger partial charge in [0.25, 0.3) is 0 Å². The smallest absolute Gasteiger partial charge is 0.229 e. The van der Waals surface area contributed by atoms with Gasteiger partial charge in [-0.1, -0.05) is 42.5 Å². The Morgan fingerprint density at radius 2 is 1.68 bits per heavy atom. The van der Waals surface area contributed by atoms with Gasteiger partial charge in [-0.15, -0.1) is 0 Å². The molecule has 0 bridgehead atoms. The van der Waals surface area contributed by atoms with Crippen molar-refractivity contribution < 1.29 is 4.74 Å². The molecule has 3 aromatic carbocycles. The normalized spacial score (nSPS) is 19.8. The summed E-state index contributed by atoms with van der Waals surface area (Å²) in [4.78, 5) is 2.24. The lowest BCUT2D eigenvalue weighted by Gasteiger charge is -2.47. The molecule has 5 rings (SSSR count). The second-order valence-electron chi connectivity index (χ2n) is 6.44. The molecule has 0 N–H and O–H groups in total. The van der Waals surface area contributed by atoms with E-state index in [0.717, 1.165) is 11.3 Å². The molecule has 0 amide bonds. The Morgan fingerprint density at radius 1 is 0.920 bits per heavy atom. The first kappa shape index (κ1) is 15.0. The van der Waals surface area contributed by atoms with Crippen LogP contribution in [0.4, 0.5) is 5.69 Å². The van der Waals surface area contributed by atoms with E-state index in [1.54, 1.807) is 0 Å². The van der Waals surface area contributed by atoms with Gasteiger partial charge in [-0.2, -0.15) is 0 Å². The van der Waals surface area contributed by atoms with E-state index in [4.69, 9.17) is 4.74 Å². The molecular weight excluding hydrogens is 421 g/mol. The molecule has 0 saturated carbocycles. The number of ether oxygens (including phenoxy) is 1. The third kappa shape index (κ3) is 2.08. The summed E-state index contributed by atoms with van der Waals surface area (Å²) in [6.45, 7) is 0. The van der Waals surface area contributed by atoms with Crippen LogP contribution in [0, 0.1) is 3.57 Å².